The summed E-state index contributed by atoms with van der Waals surface area (Å²) in [4.78, 5) is 26.2. The lowest BCUT2D eigenvalue weighted by Crippen LogP contribution is -2.35. The molecule has 0 aliphatic carbocycles. The summed E-state index contributed by atoms with van der Waals surface area (Å²) in [5.41, 5.74) is 2.93. The lowest BCUT2D eigenvalue weighted by molar-refractivity contribution is -0.120. The third kappa shape index (κ3) is 3.83. The Kier molecular flexibility index (Phi) is 4.98. The minimum absolute atomic E-state index is 0.0822. The first-order valence-electron chi connectivity index (χ1n) is 9.38. The Balaban J connectivity index is 1.35. The summed E-state index contributed by atoms with van der Waals surface area (Å²) < 4.78 is 5.40. The van der Waals surface area contributed by atoms with Crippen molar-refractivity contribution >= 4 is 28.5 Å². The van der Waals surface area contributed by atoms with E-state index in [2.05, 4.69) is 5.32 Å². The number of aryl methyl sites for hydroxylation is 1. The highest BCUT2D eigenvalue weighted by atomic mass is 16.6. The van der Waals surface area contributed by atoms with Crippen LogP contribution in [0.25, 0.3) is 10.8 Å². The molecule has 0 spiro atoms. The number of benzene rings is 3. The second-order valence-electron chi connectivity index (χ2n) is 7.07. The van der Waals surface area contributed by atoms with Crippen molar-refractivity contribution in [3.63, 3.8) is 0 Å². The van der Waals surface area contributed by atoms with Crippen molar-refractivity contribution in [2.45, 2.75) is 19.4 Å². The second kappa shape index (κ2) is 7.72. The minimum atomic E-state index is -0.378. The Hall–Kier alpha value is -3.34. The first-order chi connectivity index (χ1) is 13.6. The summed E-state index contributed by atoms with van der Waals surface area (Å²) in [6.07, 6.45) is -0.439. The van der Waals surface area contributed by atoms with Crippen molar-refractivity contribution < 1.29 is 14.3 Å². The fraction of sp³-hybridized carbons (Fsp3) is 0.217. The van der Waals surface area contributed by atoms with Gasteiger partial charge in [-0.15, -0.1) is 0 Å². The molecule has 1 aliphatic rings. The summed E-state index contributed by atoms with van der Waals surface area (Å²) in [6.45, 7) is 2.73. The quantitative estimate of drug-likeness (QED) is 0.738. The van der Waals surface area contributed by atoms with E-state index in [-0.39, 0.29) is 18.1 Å². The van der Waals surface area contributed by atoms with Crippen molar-refractivity contribution in [2.75, 3.05) is 18.0 Å². The van der Waals surface area contributed by atoms with Gasteiger partial charge in [-0.2, -0.15) is 0 Å². The van der Waals surface area contributed by atoms with Gasteiger partial charge in [-0.25, -0.2) is 4.79 Å². The number of amides is 2. The molecule has 0 bridgehead atoms. The van der Waals surface area contributed by atoms with Gasteiger partial charge >= 0.3 is 6.09 Å². The van der Waals surface area contributed by atoms with E-state index in [9.17, 15) is 9.59 Å². The number of anilines is 1. The van der Waals surface area contributed by atoms with Gasteiger partial charge in [0.05, 0.1) is 19.5 Å². The standard InChI is InChI=1S/C23H22N2O3/c1-16-9-11-19(12-10-16)25-15-20(28-23(25)27)14-24-22(26)13-18-7-4-6-17-5-2-3-8-21(17)18/h2-12,20H,13-15H2,1H3,(H,24,26)/t20-/m1/s1. The predicted octanol–water partition coefficient (Wildman–Crippen LogP) is 3.83. The number of rotatable bonds is 5. The second-order valence-corrected chi connectivity index (χ2v) is 7.07. The van der Waals surface area contributed by atoms with Crippen LogP contribution in [0.1, 0.15) is 11.1 Å². The van der Waals surface area contributed by atoms with Crippen LogP contribution in [-0.4, -0.2) is 31.2 Å². The first-order valence-corrected chi connectivity index (χ1v) is 9.38. The Bertz CT molecular complexity index is 1010. The number of nitrogens with one attached hydrogen (secondary N) is 1. The summed E-state index contributed by atoms with van der Waals surface area (Å²) in [5.74, 6) is -0.0822. The maximum atomic E-state index is 12.4. The van der Waals surface area contributed by atoms with E-state index in [0.29, 0.717) is 19.5 Å². The lowest BCUT2D eigenvalue weighted by Gasteiger charge is -2.13. The third-order valence-electron chi connectivity index (χ3n) is 4.98. The summed E-state index contributed by atoms with van der Waals surface area (Å²) in [5, 5.41) is 5.10. The number of hydrogen-bond acceptors (Lipinski definition) is 3. The zero-order chi connectivity index (χ0) is 19.5. The molecule has 2 amide bonds. The molecule has 142 valence electrons. The van der Waals surface area contributed by atoms with Crippen LogP contribution in [-0.2, 0) is 16.0 Å². The van der Waals surface area contributed by atoms with E-state index in [0.717, 1.165) is 27.6 Å². The molecule has 0 aromatic heterocycles. The predicted molar refractivity (Wildman–Crippen MR) is 109 cm³/mol. The highest BCUT2D eigenvalue weighted by Gasteiger charge is 2.32. The zero-order valence-electron chi connectivity index (χ0n) is 15.7. The summed E-state index contributed by atoms with van der Waals surface area (Å²) >= 11 is 0. The van der Waals surface area contributed by atoms with Crippen molar-refractivity contribution in [3.8, 4) is 0 Å². The molecule has 0 unspecified atom stereocenters. The zero-order valence-corrected chi connectivity index (χ0v) is 15.7. The average Bonchev–Trinajstić information content (AvgIpc) is 3.08. The van der Waals surface area contributed by atoms with E-state index >= 15 is 0 Å². The third-order valence-corrected chi connectivity index (χ3v) is 4.98. The van der Waals surface area contributed by atoms with Gasteiger partial charge in [0.1, 0.15) is 6.10 Å². The van der Waals surface area contributed by atoms with Gasteiger partial charge in [-0.1, -0.05) is 60.2 Å². The molecule has 1 N–H and O–H groups in total. The molecular formula is C23H22N2O3. The fourth-order valence-electron chi connectivity index (χ4n) is 3.47. The Morgan fingerprint density at radius 3 is 2.64 bits per heavy atom. The highest BCUT2D eigenvalue weighted by molar-refractivity contribution is 5.91. The molecule has 0 saturated carbocycles. The van der Waals surface area contributed by atoms with Gasteiger partial charge in [0, 0.05) is 5.69 Å². The van der Waals surface area contributed by atoms with Crippen LogP contribution in [0.3, 0.4) is 0 Å². The van der Waals surface area contributed by atoms with E-state index in [1.807, 2.05) is 73.7 Å². The molecule has 3 aromatic carbocycles. The van der Waals surface area contributed by atoms with Crippen LogP contribution >= 0.6 is 0 Å². The minimum Gasteiger partial charge on any atom is -0.442 e. The Labute approximate surface area is 163 Å². The largest absolute Gasteiger partial charge is 0.442 e. The van der Waals surface area contributed by atoms with Gasteiger partial charge in [0.2, 0.25) is 5.91 Å². The lowest BCUT2D eigenvalue weighted by atomic mass is 10.0. The molecule has 3 aromatic rings. The molecule has 4 rings (SSSR count). The van der Waals surface area contributed by atoms with Crippen LogP contribution in [0.4, 0.5) is 10.5 Å². The molecule has 1 aliphatic heterocycles. The number of ether oxygens (including phenoxy) is 1. The topological polar surface area (TPSA) is 58.6 Å². The highest BCUT2D eigenvalue weighted by Crippen LogP contribution is 2.22. The normalized spacial score (nSPS) is 16.2. The number of fused-ring (bicyclic) bond motifs is 1. The van der Waals surface area contributed by atoms with Crippen LogP contribution in [0.2, 0.25) is 0 Å². The molecule has 1 fully saturated rings. The number of carbonyl (C=O) groups is 2. The summed E-state index contributed by atoms with van der Waals surface area (Å²) in [6, 6.07) is 21.7. The Morgan fingerprint density at radius 1 is 1.07 bits per heavy atom. The van der Waals surface area contributed by atoms with Gasteiger partial charge < -0.3 is 10.1 Å². The molecule has 1 atom stereocenters. The molecule has 1 heterocycles. The molecule has 0 radical (unpaired) electrons. The smallest absolute Gasteiger partial charge is 0.414 e. The van der Waals surface area contributed by atoms with Crippen LogP contribution in [0.5, 0.6) is 0 Å². The maximum absolute atomic E-state index is 12.4. The summed E-state index contributed by atoms with van der Waals surface area (Å²) in [7, 11) is 0. The number of carbonyl (C=O) groups excluding carboxylic acids is 2. The number of cyclic esters (lactones) is 1. The van der Waals surface area contributed by atoms with Crippen molar-refractivity contribution in [1.82, 2.24) is 5.32 Å². The SMILES string of the molecule is Cc1ccc(N2C[C@@H](CNC(=O)Cc3cccc4ccccc34)OC2=O)cc1. The van der Waals surface area contributed by atoms with Crippen molar-refractivity contribution in [2.24, 2.45) is 0 Å². The molecule has 5 heteroatoms. The van der Waals surface area contributed by atoms with Crippen LogP contribution in [0.15, 0.2) is 66.7 Å². The monoisotopic (exact) mass is 374 g/mol. The molecule has 1 saturated heterocycles. The van der Waals surface area contributed by atoms with Crippen LogP contribution in [0, 0.1) is 6.92 Å². The van der Waals surface area contributed by atoms with Gasteiger partial charge in [-0.05, 0) is 35.4 Å². The van der Waals surface area contributed by atoms with Gasteiger partial charge in [0.25, 0.3) is 0 Å². The van der Waals surface area contributed by atoms with Gasteiger partial charge in [-0.3, -0.25) is 9.69 Å². The fourth-order valence-corrected chi connectivity index (χ4v) is 3.47. The first kappa shape index (κ1) is 18.0. The van der Waals surface area contributed by atoms with E-state index in [1.54, 1.807) is 4.90 Å². The van der Waals surface area contributed by atoms with Crippen molar-refractivity contribution in [1.29, 1.82) is 0 Å². The Morgan fingerprint density at radius 2 is 1.82 bits per heavy atom. The molecule has 28 heavy (non-hydrogen) atoms. The van der Waals surface area contributed by atoms with Gasteiger partial charge in [0.15, 0.2) is 0 Å². The average molecular weight is 374 g/mol. The van der Waals surface area contributed by atoms with E-state index in [4.69, 9.17) is 4.74 Å². The van der Waals surface area contributed by atoms with E-state index < -0.39 is 0 Å². The van der Waals surface area contributed by atoms with Crippen molar-refractivity contribution in [3.05, 3.63) is 77.9 Å². The number of nitrogens with zero attached hydrogens (tertiary/aromatic N) is 1. The number of hydrogen-bond donors (Lipinski definition) is 1. The van der Waals surface area contributed by atoms with E-state index in [1.165, 1.54) is 0 Å². The molecule has 5 nitrogen and oxygen atoms in total. The van der Waals surface area contributed by atoms with Crippen LogP contribution < -0.4 is 10.2 Å². The molecular weight excluding hydrogens is 352 g/mol. The maximum Gasteiger partial charge on any atom is 0.414 e.